The maximum atomic E-state index is 11.0. The molecule has 0 saturated carbocycles. The van der Waals surface area contributed by atoms with Gasteiger partial charge in [0.15, 0.2) is 23.1 Å². The van der Waals surface area contributed by atoms with E-state index in [0.717, 1.165) is 11.5 Å². The van der Waals surface area contributed by atoms with Crippen LogP contribution in [0.3, 0.4) is 0 Å². The Morgan fingerprint density at radius 3 is 1.94 bits per heavy atom. The number of aryl methyl sites for hydroxylation is 3. The number of hydrogen-bond donors (Lipinski definition) is 1. The smallest absolute Gasteiger partial charge is 0.366 e. The Kier molecular flexibility index (Phi) is 6.35. The molecule has 1 N–H and O–H groups in total. The van der Waals surface area contributed by atoms with Crippen LogP contribution in [0.5, 0.6) is 5.75 Å². The monoisotopic (exact) mass is 483 g/mol. The van der Waals surface area contributed by atoms with Crippen LogP contribution in [0, 0.1) is 20.8 Å². The minimum absolute atomic E-state index is 0.0152. The molecule has 3 aromatic heterocycles. The zero-order valence-corrected chi connectivity index (χ0v) is 19.4. The zero-order valence-electron chi connectivity index (χ0n) is 18.6. The van der Waals surface area contributed by atoms with Crippen molar-refractivity contribution in [3.05, 3.63) is 23.5 Å². The van der Waals surface area contributed by atoms with Crippen molar-refractivity contribution >= 4 is 51.4 Å². The lowest BCUT2D eigenvalue weighted by atomic mass is 10.1. The van der Waals surface area contributed by atoms with E-state index in [4.69, 9.17) is 9.05 Å². The molecular formula is C17H17N13O3S. The highest BCUT2D eigenvalue weighted by molar-refractivity contribution is 7.09. The van der Waals surface area contributed by atoms with Crippen LogP contribution in [0.25, 0.3) is 0 Å². The molecule has 0 saturated heterocycles. The number of anilines is 1. The third-order valence-corrected chi connectivity index (χ3v) is 4.62. The Bertz CT molecular complexity index is 1400. The molecular weight excluding hydrogens is 466 g/mol. The summed E-state index contributed by atoms with van der Waals surface area (Å²) in [6.07, 6.45) is 0. The minimum atomic E-state index is -0.318. The van der Waals surface area contributed by atoms with Gasteiger partial charge in [-0.3, -0.25) is 0 Å². The van der Waals surface area contributed by atoms with Gasteiger partial charge in [-0.15, -0.1) is 20.5 Å². The summed E-state index contributed by atoms with van der Waals surface area (Å²) in [6.45, 7) is 5.02. The Morgan fingerprint density at radius 2 is 1.41 bits per heavy atom. The van der Waals surface area contributed by atoms with Crippen LogP contribution in [-0.4, -0.2) is 48.8 Å². The van der Waals surface area contributed by atoms with Crippen LogP contribution in [-0.2, 0) is 0 Å². The van der Waals surface area contributed by atoms with Crippen molar-refractivity contribution < 1.29 is 14.2 Å². The van der Waals surface area contributed by atoms with Gasteiger partial charge in [0.1, 0.15) is 17.2 Å². The highest BCUT2D eigenvalue weighted by atomic mass is 32.1. The third kappa shape index (κ3) is 5.09. The van der Waals surface area contributed by atoms with Gasteiger partial charge < -0.3 is 19.1 Å². The number of aromatic hydroxyl groups is 1. The highest BCUT2D eigenvalue weighted by Crippen LogP contribution is 2.50. The van der Waals surface area contributed by atoms with Gasteiger partial charge in [0.25, 0.3) is 0 Å². The Morgan fingerprint density at radius 1 is 0.794 bits per heavy atom. The molecule has 0 unspecified atom stereocenters. The SMILES string of the molecule is Cc1noc(/N=N/c2cc(/N=N/c3nc(C)ns3)c(O)c(/N=N/c3nc(C)no3)c2N(C)C)n1. The third-order valence-electron chi connectivity index (χ3n) is 3.93. The number of hydrogen-bond acceptors (Lipinski definition) is 17. The number of rotatable bonds is 7. The van der Waals surface area contributed by atoms with Gasteiger partial charge in [0.05, 0.1) is 5.69 Å². The standard InChI is InChI=1S/C17H17N13O3S/c1-7-18-15(32-27-7)24-21-10-6-11(22-26-17-20-9(3)29-34-17)14(31)12(13(10)30(4)5)23-25-16-19-8(2)28-33-16/h6,31H,1-5H3/b24-21+,25-23+,26-22+. The van der Waals surface area contributed by atoms with Gasteiger partial charge in [-0.25, -0.2) is 4.98 Å². The molecule has 0 aliphatic heterocycles. The maximum Gasteiger partial charge on any atom is 0.366 e. The largest absolute Gasteiger partial charge is 0.504 e. The molecule has 0 spiro atoms. The topological polar surface area (TPSA) is 201 Å². The van der Waals surface area contributed by atoms with E-state index in [1.54, 1.807) is 39.8 Å². The second kappa shape index (κ2) is 9.53. The highest BCUT2D eigenvalue weighted by Gasteiger charge is 2.21. The van der Waals surface area contributed by atoms with E-state index in [9.17, 15) is 5.11 Å². The summed E-state index contributed by atoms with van der Waals surface area (Å²) in [6, 6.07) is 1.32. The maximum absolute atomic E-state index is 11.0. The number of phenolic OH excluding ortho intramolecular Hbond substituents is 1. The lowest BCUT2D eigenvalue weighted by Crippen LogP contribution is -2.09. The molecule has 4 rings (SSSR count). The quantitative estimate of drug-likeness (QED) is 0.338. The van der Waals surface area contributed by atoms with Gasteiger partial charge in [-0.2, -0.15) is 14.3 Å². The van der Waals surface area contributed by atoms with Crippen molar-refractivity contribution in [1.29, 1.82) is 0 Å². The van der Waals surface area contributed by atoms with Crippen molar-refractivity contribution in [2.24, 2.45) is 30.7 Å². The van der Waals surface area contributed by atoms with Crippen LogP contribution in [0.15, 0.2) is 45.8 Å². The number of phenols is 1. The summed E-state index contributed by atoms with van der Waals surface area (Å²) in [5.41, 5.74) is 0.672. The molecule has 4 aromatic rings. The number of azo groups is 3. The molecule has 0 bridgehead atoms. The van der Waals surface area contributed by atoms with E-state index in [1.807, 2.05) is 0 Å². The van der Waals surface area contributed by atoms with E-state index >= 15 is 0 Å². The fourth-order valence-corrected chi connectivity index (χ4v) is 3.08. The molecule has 0 aliphatic carbocycles. The fraction of sp³-hybridized carbons (Fsp3) is 0.294. The lowest BCUT2D eigenvalue weighted by Gasteiger charge is -2.18. The van der Waals surface area contributed by atoms with Gasteiger partial charge >= 0.3 is 12.0 Å². The van der Waals surface area contributed by atoms with Crippen molar-refractivity contribution in [3.63, 3.8) is 0 Å². The van der Waals surface area contributed by atoms with Gasteiger partial charge in [-0.05, 0) is 26.8 Å². The predicted octanol–water partition coefficient (Wildman–Crippen LogP) is 5.25. The molecule has 3 heterocycles. The lowest BCUT2D eigenvalue weighted by molar-refractivity contribution is 0.420. The first-order valence-electron chi connectivity index (χ1n) is 9.53. The van der Waals surface area contributed by atoms with E-state index in [-0.39, 0.29) is 34.8 Å². The second-order valence-corrected chi connectivity index (χ2v) is 7.56. The van der Waals surface area contributed by atoms with Crippen LogP contribution in [0.2, 0.25) is 0 Å². The zero-order chi connectivity index (χ0) is 24.2. The first-order chi connectivity index (χ1) is 16.3. The molecule has 0 aliphatic rings. The van der Waals surface area contributed by atoms with Gasteiger partial charge in [-0.1, -0.05) is 20.5 Å². The van der Waals surface area contributed by atoms with Crippen LogP contribution >= 0.6 is 11.5 Å². The van der Waals surface area contributed by atoms with E-state index in [1.165, 1.54) is 6.07 Å². The summed E-state index contributed by atoms with van der Waals surface area (Å²) in [5.74, 6) is 1.02. The van der Waals surface area contributed by atoms with Crippen LogP contribution in [0.4, 0.5) is 39.9 Å². The number of benzene rings is 1. The second-order valence-electron chi connectivity index (χ2n) is 6.83. The minimum Gasteiger partial charge on any atom is -0.504 e. The van der Waals surface area contributed by atoms with Crippen molar-refractivity contribution in [3.8, 4) is 5.75 Å². The first-order valence-corrected chi connectivity index (χ1v) is 10.3. The molecule has 174 valence electrons. The van der Waals surface area contributed by atoms with E-state index < -0.39 is 0 Å². The average molecular weight is 483 g/mol. The van der Waals surface area contributed by atoms with Crippen LogP contribution < -0.4 is 4.90 Å². The Labute approximate surface area is 195 Å². The van der Waals surface area contributed by atoms with Crippen molar-refractivity contribution in [2.75, 3.05) is 19.0 Å². The molecule has 1 aromatic carbocycles. The fourth-order valence-electron chi connectivity index (χ4n) is 2.58. The van der Waals surface area contributed by atoms with E-state index in [2.05, 4.69) is 60.3 Å². The van der Waals surface area contributed by atoms with E-state index in [0.29, 0.717) is 28.3 Å². The molecule has 0 fully saturated rings. The average Bonchev–Trinajstić information content (AvgIpc) is 3.52. The molecule has 16 nitrogen and oxygen atoms in total. The molecule has 0 atom stereocenters. The summed E-state index contributed by atoms with van der Waals surface area (Å²) >= 11 is 1.06. The summed E-state index contributed by atoms with van der Waals surface area (Å²) in [4.78, 5) is 13.7. The van der Waals surface area contributed by atoms with Crippen LogP contribution in [0.1, 0.15) is 17.5 Å². The first kappa shape index (κ1) is 22.6. The molecule has 0 amide bonds. The Hall–Kier alpha value is -4.54. The number of aromatic nitrogens is 6. The summed E-state index contributed by atoms with van der Waals surface area (Å²) in [5, 5.41) is 42.9. The predicted molar refractivity (Wildman–Crippen MR) is 118 cm³/mol. The van der Waals surface area contributed by atoms with Crippen molar-refractivity contribution in [1.82, 2.24) is 29.6 Å². The number of nitrogens with zero attached hydrogens (tertiary/aromatic N) is 13. The summed E-state index contributed by atoms with van der Waals surface area (Å²) < 4.78 is 14.0. The van der Waals surface area contributed by atoms with Gasteiger partial charge in [0.2, 0.25) is 5.13 Å². The Balaban J connectivity index is 1.84. The molecule has 0 radical (unpaired) electrons. The normalized spacial score (nSPS) is 12.0. The summed E-state index contributed by atoms with van der Waals surface area (Å²) in [7, 11) is 3.46. The molecule has 34 heavy (non-hydrogen) atoms. The van der Waals surface area contributed by atoms with Gasteiger partial charge in [0, 0.05) is 25.6 Å². The van der Waals surface area contributed by atoms with Crippen molar-refractivity contribution in [2.45, 2.75) is 20.8 Å². The molecule has 17 heteroatoms.